The normalized spacial score (nSPS) is 13.6. The molecule has 108 valence electrons. The standard InChI is InChI=1S/C12H10ClN5O3/c13-7-1-2-9-8(3-7)18(11(20)5-21-9)4-10(19)16-12-14-6-15-17-12/h1-3,6H,4-5H2,(H2,14,15,16,17,19). The van der Waals surface area contributed by atoms with Gasteiger partial charge in [-0.25, -0.2) is 5.10 Å². The molecule has 2 N–H and O–H groups in total. The van der Waals surface area contributed by atoms with Gasteiger partial charge in [-0.2, -0.15) is 10.1 Å². The number of amides is 2. The van der Waals surface area contributed by atoms with E-state index in [1.54, 1.807) is 18.2 Å². The average Bonchev–Trinajstić information content (AvgIpc) is 2.95. The molecule has 0 spiro atoms. The number of aromatic nitrogens is 3. The van der Waals surface area contributed by atoms with Gasteiger partial charge in [0.1, 0.15) is 18.6 Å². The van der Waals surface area contributed by atoms with Crippen molar-refractivity contribution < 1.29 is 14.3 Å². The molecule has 21 heavy (non-hydrogen) atoms. The summed E-state index contributed by atoms with van der Waals surface area (Å²) in [6.45, 7) is -0.291. The van der Waals surface area contributed by atoms with Gasteiger partial charge in [-0.1, -0.05) is 11.6 Å². The molecular formula is C12H10ClN5O3. The highest BCUT2D eigenvalue weighted by Gasteiger charge is 2.27. The van der Waals surface area contributed by atoms with Gasteiger partial charge in [-0.05, 0) is 18.2 Å². The molecule has 8 nitrogen and oxygen atoms in total. The Morgan fingerprint density at radius 3 is 3.14 bits per heavy atom. The van der Waals surface area contributed by atoms with Crippen LogP contribution < -0.4 is 15.0 Å². The lowest BCUT2D eigenvalue weighted by atomic mass is 10.2. The molecule has 0 fully saturated rings. The fourth-order valence-corrected chi connectivity index (χ4v) is 2.10. The van der Waals surface area contributed by atoms with Crippen LogP contribution in [0.5, 0.6) is 5.75 Å². The van der Waals surface area contributed by atoms with E-state index in [-0.39, 0.29) is 25.0 Å². The van der Waals surface area contributed by atoms with Gasteiger partial charge >= 0.3 is 0 Å². The molecule has 9 heteroatoms. The fraction of sp³-hybridized carbons (Fsp3) is 0.167. The minimum Gasteiger partial charge on any atom is -0.482 e. The highest BCUT2D eigenvalue weighted by molar-refractivity contribution is 6.31. The number of nitrogens with one attached hydrogen (secondary N) is 2. The molecule has 2 aromatic rings. The number of anilines is 2. The Kier molecular flexibility index (Phi) is 3.44. The summed E-state index contributed by atoms with van der Waals surface area (Å²) < 4.78 is 5.30. The number of halogens is 1. The Labute approximate surface area is 124 Å². The van der Waals surface area contributed by atoms with E-state index in [1.165, 1.54) is 11.2 Å². The molecule has 1 aromatic carbocycles. The van der Waals surface area contributed by atoms with Crippen LogP contribution in [0.25, 0.3) is 0 Å². The number of fused-ring (bicyclic) bond motifs is 1. The summed E-state index contributed by atoms with van der Waals surface area (Å²) in [7, 11) is 0. The minimum absolute atomic E-state index is 0.121. The van der Waals surface area contributed by atoms with Crippen molar-refractivity contribution in [1.29, 1.82) is 0 Å². The third-order valence-electron chi connectivity index (χ3n) is 2.84. The molecule has 0 bridgehead atoms. The zero-order valence-corrected chi connectivity index (χ0v) is 11.4. The molecule has 0 saturated heterocycles. The van der Waals surface area contributed by atoms with Crippen molar-refractivity contribution in [2.75, 3.05) is 23.4 Å². The topological polar surface area (TPSA) is 100 Å². The van der Waals surface area contributed by atoms with E-state index in [4.69, 9.17) is 16.3 Å². The maximum Gasteiger partial charge on any atom is 0.265 e. The van der Waals surface area contributed by atoms with E-state index in [1.807, 2.05) is 0 Å². The number of H-pyrrole nitrogens is 1. The van der Waals surface area contributed by atoms with Crippen LogP contribution in [0.15, 0.2) is 24.5 Å². The van der Waals surface area contributed by atoms with Gasteiger partial charge in [-0.15, -0.1) is 0 Å². The second-order valence-corrected chi connectivity index (χ2v) is 4.70. The summed E-state index contributed by atoms with van der Waals surface area (Å²) in [5, 5.41) is 9.07. The first-order valence-electron chi connectivity index (χ1n) is 6.01. The van der Waals surface area contributed by atoms with Crippen LogP contribution in [-0.2, 0) is 9.59 Å². The van der Waals surface area contributed by atoms with Crippen LogP contribution >= 0.6 is 11.6 Å². The van der Waals surface area contributed by atoms with Crippen LogP contribution in [-0.4, -0.2) is 40.1 Å². The number of carbonyl (C=O) groups excluding carboxylic acids is 2. The largest absolute Gasteiger partial charge is 0.482 e. The highest BCUT2D eigenvalue weighted by atomic mass is 35.5. The van der Waals surface area contributed by atoms with E-state index < -0.39 is 5.91 Å². The number of hydrogen-bond acceptors (Lipinski definition) is 5. The van der Waals surface area contributed by atoms with E-state index in [0.29, 0.717) is 16.5 Å². The van der Waals surface area contributed by atoms with Crippen molar-refractivity contribution in [3.63, 3.8) is 0 Å². The number of aromatic amines is 1. The van der Waals surface area contributed by atoms with Crippen molar-refractivity contribution in [3.05, 3.63) is 29.5 Å². The molecule has 0 radical (unpaired) electrons. The maximum atomic E-state index is 12.0. The molecule has 1 aliphatic heterocycles. The summed E-state index contributed by atoms with van der Waals surface area (Å²) in [5.74, 6) is -0.0103. The average molecular weight is 308 g/mol. The lowest BCUT2D eigenvalue weighted by Crippen LogP contribution is -2.43. The molecule has 0 unspecified atom stereocenters. The Bertz CT molecular complexity index is 688. The molecule has 1 aromatic heterocycles. The van der Waals surface area contributed by atoms with Gasteiger partial charge in [0.2, 0.25) is 11.9 Å². The number of benzene rings is 1. The predicted octanol–water partition coefficient (Wildman–Crippen LogP) is 0.822. The lowest BCUT2D eigenvalue weighted by Gasteiger charge is -2.28. The lowest BCUT2D eigenvalue weighted by molar-refractivity contribution is -0.123. The van der Waals surface area contributed by atoms with E-state index in [0.717, 1.165) is 0 Å². The van der Waals surface area contributed by atoms with Crippen LogP contribution in [0.4, 0.5) is 11.6 Å². The monoisotopic (exact) mass is 307 g/mol. The van der Waals surface area contributed by atoms with Crippen LogP contribution in [0.2, 0.25) is 5.02 Å². The minimum atomic E-state index is -0.409. The van der Waals surface area contributed by atoms with Crippen molar-refractivity contribution >= 4 is 35.1 Å². The second kappa shape index (κ2) is 5.41. The number of carbonyl (C=O) groups is 2. The summed E-state index contributed by atoms with van der Waals surface area (Å²) in [5.41, 5.74) is 0.464. The zero-order chi connectivity index (χ0) is 14.8. The van der Waals surface area contributed by atoms with Crippen LogP contribution in [0.1, 0.15) is 0 Å². The predicted molar refractivity (Wildman–Crippen MR) is 74.3 cm³/mol. The van der Waals surface area contributed by atoms with Gasteiger partial charge in [0.25, 0.3) is 5.91 Å². The number of hydrogen-bond donors (Lipinski definition) is 2. The Morgan fingerprint density at radius 2 is 2.38 bits per heavy atom. The molecular weight excluding hydrogens is 298 g/mol. The number of nitrogens with zero attached hydrogens (tertiary/aromatic N) is 3. The number of rotatable bonds is 3. The van der Waals surface area contributed by atoms with Crippen molar-refractivity contribution in [1.82, 2.24) is 15.2 Å². The molecule has 0 aliphatic carbocycles. The second-order valence-electron chi connectivity index (χ2n) is 4.26. The first-order chi connectivity index (χ1) is 10.1. The fourth-order valence-electron chi connectivity index (χ4n) is 1.93. The van der Waals surface area contributed by atoms with Gasteiger partial charge in [0.05, 0.1) is 5.69 Å². The van der Waals surface area contributed by atoms with Crippen LogP contribution in [0, 0.1) is 0 Å². The van der Waals surface area contributed by atoms with Crippen molar-refractivity contribution in [2.24, 2.45) is 0 Å². The van der Waals surface area contributed by atoms with Gasteiger partial charge in [0.15, 0.2) is 6.61 Å². The molecule has 3 rings (SSSR count). The molecule has 2 heterocycles. The zero-order valence-electron chi connectivity index (χ0n) is 10.7. The summed E-state index contributed by atoms with van der Waals surface area (Å²) >= 11 is 5.92. The van der Waals surface area contributed by atoms with E-state index in [2.05, 4.69) is 20.5 Å². The highest BCUT2D eigenvalue weighted by Crippen LogP contribution is 2.34. The SMILES string of the molecule is O=C(CN1C(=O)COc2ccc(Cl)cc21)Nc1ncn[nH]1. The summed E-state index contributed by atoms with van der Waals surface area (Å²) in [6.07, 6.45) is 1.27. The first kappa shape index (κ1) is 13.4. The number of ether oxygens (including phenoxy) is 1. The Morgan fingerprint density at radius 1 is 1.52 bits per heavy atom. The summed E-state index contributed by atoms with van der Waals surface area (Å²) in [4.78, 5) is 29.0. The third-order valence-corrected chi connectivity index (χ3v) is 3.07. The smallest absolute Gasteiger partial charge is 0.265 e. The van der Waals surface area contributed by atoms with Crippen molar-refractivity contribution in [2.45, 2.75) is 0 Å². The van der Waals surface area contributed by atoms with Gasteiger partial charge in [-0.3, -0.25) is 19.8 Å². The summed E-state index contributed by atoms with van der Waals surface area (Å²) in [6, 6.07) is 4.89. The third kappa shape index (κ3) is 2.79. The van der Waals surface area contributed by atoms with E-state index in [9.17, 15) is 9.59 Å². The Hall–Kier alpha value is -2.61. The molecule has 1 aliphatic rings. The van der Waals surface area contributed by atoms with Gasteiger partial charge in [0, 0.05) is 5.02 Å². The van der Waals surface area contributed by atoms with Crippen molar-refractivity contribution in [3.8, 4) is 5.75 Å². The molecule has 0 atom stereocenters. The van der Waals surface area contributed by atoms with Crippen LogP contribution in [0.3, 0.4) is 0 Å². The van der Waals surface area contributed by atoms with E-state index >= 15 is 0 Å². The maximum absolute atomic E-state index is 12.0. The Balaban J connectivity index is 1.80. The first-order valence-corrected chi connectivity index (χ1v) is 6.39. The van der Waals surface area contributed by atoms with Gasteiger partial charge < -0.3 is 4.74 Å². The molecule has 0 saturated carbocycles. The molecule has 2 amide bonds. The quantitative estimate of drug-likeness (QED) is 0.874.